The molecule has 1 aliphatic carbocycles. The highest BCUT2D eigenvalue weighted by Gasteiger charge is 2.32. The van der Waals surface area contributed by atoms with E-state index in [9.17, 15) is 18.0 Å². The lowest BCUT2D eigenvalue weighted by atomic mass is 9.95. The molecule has 2 aromatic heterocycles. The van der Waals surface area contributed by atoms with Crippen LogP contribution in [0, 0.1) is 0 Å². The Hall–Kier alpha value is -1.71. The van der Waals surface area contributed by atoms with Crippen LogP contribution in [0.1, 0.15) is 49.7 Å². The van der Waals surface area contributed by atoms with Gasteiger partial charge in [0.1, 0.15) is 5.00 Å². The highest BCUT2D eigenvalue weighted by Crippen LogP contribution is 2.38. The summed E-state index contributed by atoms with van der Waals surface area (Å²) in [5.74, 6) is -0.400. The Morgan fingerprint density at radius 2 is 1.96 bits per heavy atom. The number of amides is 2. The van der Waals surface area contributed by atoms with Crippen LogP contribution >= 0.6 is 22.7 Å². The summed E-state index contributed by atoms with van der Waals surface area (Å²) in [6, 6.07) is 3.20. The van der Waals surface area contributed by atoms with Crippen molar-refractivity contribution < 1.29 is 18.0 Å². The van der Waals surface area contributed by atoms with Crippen molar-refractivity contribution in [3.8, 4) is 0 Å². The minimum absolute atomic E-state index is 0.0119. The fourth-order valence-electron chi connectivity index (χ4n) is 3.63. The summed E-state index contributed by atoms with van der Waals surface area (Å²) in [5, 5.41) is 8.18. The lowest BCUT2D eigenvalue weighted by Gasteiger charge is -2.15. The van der Waals surface area contributed by atoms with Crippen LogP contribution in [0.2, 0.25) is 0 Å². The van der Waals surface area contributed by atoms with Gasteiger partial charge in [-0.15, -0.1) is 22.7 Å². The fraction of sp³-hybridized carbons (Fsp3) is 0.444. The van der Waals surface area contributed by atoms with Crippen LogP contribution in [-0.4, -0.2) is 37.8 Å². The average Bonchev–Trinajstić information content (AvgIpc) is 3.33. The molecule has 4 rings (SSSR count). The molecule has 2 amide bonds. The van der Waals surface area contributed by atoms with E-state index < -0.39 is 9.84 Å². The van der Waals surface area contributed by atoms with Crippen molar-refractivity contribution in [3.63, 3.8) is 0 Å². The van der Waals surface area contributed by atoms with Gasteiger partial charge in [-0.3, -0.25) is 9.59 Å². The number of thiophene rings is 2. The van der Waals surface area contributed by atoms with E-state index in [4.69, 9.17) is 0 Å². The zero-order valence-electron chi connectivity index (χ0n) is 14.6. The third-order valence-corrected chi connectivity index (χ3v) is 8.78. The second-order valence-corrected chi connectivity index (χ2v) is 11.2. The zero-order chi connectivity index (χ0) is 19.0. The standard InChI is InChI=1S/C18H20N2O4S3/c21-16(14-6-3-8-25-14)20-18-15(12-4-1-2-5-13(12)26-18)17(22)19-11-7-9-27(23,24)10-11/h3,6,8,11H,1-2,4-5,7,9-10H2,(H,19,22)(H,20,21)/t11-/m0/s1. The number of anilines is 1. The van der Waals surface area contributed by atoms with E-state index in [0.29, 0.717) is 21.9 Å². The van der Waals surface area contributed by atoms with Crippen molar-refractivity contribution in [2.45, 2.75) is 38.1 Å². The van der Waals surface area contributed by atoms with Gasteiger partial charge < -0.3 is 10.6 Å². The van der Waals surface area contributed by atoms with E-state index in [1.54, 1.807) is 6.07 Å². The van der Waals surface area contributed by atoms with Gasteiger partial charge in [-0.05, 0) is 49.1 Å². The molecule has 3 heterocycles. The molecule has 0 unspecified atom stereocenters. The van der Waals surface area contributed by atoms with Crippen molar-refractivity contribution in [1.29, 1.82) is 0 Å². The summed E-state index contributed by atoms with van der Waals surface area (Å²) in [6.07, 6.45) is 4.25. The van der Waals surface area contributed by atoms with E-state index in [-0.39, 0.29) is 29.4 Å². The molecule has 9 heteroatoms. The molecule has 0 aromatic carbocycles. The Morgan fingerprint density at radius 1 is 1.15 bits per heavy atom. The van der Waals surface area contributed by atoms with Crippen LogP contribution in [0.4, 0.5) is 5.00 Å². The third kappa shape index (κ3) is 3.95. The number of hydrogen-bond donors (Lipinski definition) is 2. The van der Waals surface area contributed by atoms with Crippen LogP contribution in [0.25, 0.3) is 0 Å². The van der Waals surface area contributed by atoms with E-state index in [2.05, 4.69) is 10.6 Å². The van der Waals surface area contributed by atoms with Crippen LogP contribution in [-0.2, 0) is 22.7 Å². The highest BCUT2D eigenvalue weighted by molar-refractivity contribution is 7.91. The molecule has 6 nitrogen and oxygen atoms in total. The summed E-state index contributed by atoms with van der Waals surface area (Å²) >= 11 is 2.82. The molecule has 0 radical (unpaired) electrons. The Morgan fingerprint density at radius 3 is 2.67 bits per heavy atom. The van der Waals surface area contributed by atoms with Gasteiger partial charge in [-0.1, -0.05) is 6.07 Å². The Balaban J connectivity index is 1.61. The third-order valence-electron chi connectivity index (χ3n) is 4.94. The van der Waals surface area contributed by atoms with Gasteiger partial charge in [0.15, 0.2) is 9.84 Å². The number of carbonyl (C=O) groups excluding carboxylic acids is 2. The number of fused-ring (bicyclic) bond motifs is 1. The first-order valence-corrected chi connectivity index (χ1v) is 12.5. The van der Waals surface area contributed by atoms with Gasteiger partial charge in [0, 0.05) is 10.9 Å². The largest absolute Gasteiger partial charge is 0.348 e. The first-order chi connectivity index (χ1) is 12.9. The van der Waals surface area contributed by atoms with Crippen LogP contribution in [0.15, 0.2) is 17.5 Å². The molecule has 2 aromatic rings. The van der Waals surface area contributed by atoms with Gasteiger partial charge in [0.25, 0.3) is 11.8 Å². The first kappa shape index (κ1) is 18.6. The van der Waals surface area contributed by atoms with Crippen molar-refractivity contribution >= 4 is 49.3 Å². The topological polar surface area (TPSA) is 92.3 Å². The van der Waals surface area contributed by atoms with E-state index in [1.807, 2.05) is 11.4 Å². The van der Waals surface area contributed by atoms with Crippen molar-refractivity contribution in [1.82, 2.24) is 5.32 Å². The predicted octanol–water partition coefficient (Wildman–Crippen LogP) is 2.86. The number of rotatable bonds is 4. The maximum atomic E-state index is 13.0. The number of hydrogen-bond acceptors (Lipinski definition) is 6. The fourth-order valence-corrected chi connectivity index (χ4v) is 7.21. The quantitative estimate of drug-likeness (QED) is 0.789. The lowest BCUT2D eigenvalue weighted by Crippen LogP contribution is -2.36. The predicted molar refractivity (Wildman–Crippen MR) is 108 cm³/mol. The van der Waals surface area contributed by atoms with Gasteiger partial charge in [0.2, 0.25) is 0 Å². The molecule has 0 saturated carbocycles. The molecule has 1 aliphatic heterocycles. The second kappa shape index (κ2) is 7.37. The van der Waals surface area contributed by atoms with Crippen molar-refractivity contribution in [3.05, 3.63) is 38.4 Å². The summed E-state index contributed by atoms with van der Waals surface area (Å²) in [7, 11) is -3.07. The maximum Gasteiger partial charge on any atom is 0.266 e. The molecule has 1 saturated heterocycles. The highest BCUT2D eigenvalue weighted by atomic mass is 32.2. The molecular formula is C18H20N2O4S3. The van der Waals surface area contributed by atoms with E-state index in [0.717, 1.165) is 36.1 Å². The summed E-state index contributed by atoms with van der Waals surface area (Å²) in [6.45, 7) is 0. The van der Waals surface area contributed by atoms with Gasteiger partial charge in [-0.2, -0.15) is 0 Å². The van der Waals surface area contributed by atoms with Crippen LogP contribution < -0.4 is 10.6 Å². The summed E-state index contributed by atoms with van der Waals surface area (Å²) in [4.78, 5) is 27.2. The molecule has 2 N–H and O–H groups in total. The smallest absolute Gasteiger partial charge is 0.266 e. The van der Waals surface area contributed by atoms with Crippen molar-refractivity contribution in [2.75, 3.05) is 16.8 Å². The van der Waals surface area contributed by atoms with E-state index in [1.165, 1.54) is 22.7 Å². The molecule has 1 atom stereocenters. The first-order valence-electron chi connectivity index (χ1n) is 8.93. The van der Waals surface area contributed by atoms with Crippen LogP contribution in [0.5, 0.6) is 0 Å². The average molecular weight is 425 g/mol. The van der Waals surface area contributed by atoms with Crippen LogP contribution in [0.3, 0.4) is 0 Å². The number of aryl methyl sites for hydroxylation is 1. The Kier molecular flexibility index (Phi) is 5.09. The molecule has 0 bridgehead atoms. The normalized spacial score (nSPS) is 20.8. The maximum absolute atomic E-state index is 13.0. The Bertz CT molecular complexity index is 977. The molecule has 0 spiro atoms. The van der Waals surface area contributed by atoms with Gasteiger partial charge in [0.05, 0.1) is 21.9 Å². The molecular weight excluding hydrogens is 404 g/mol. The lowest BCUT2D eigenvalue weighted by molar-refractivity contribution is 0.0941. The molecule has 27 heavy (non-hydrogen) atoms. The SMILES string of the molecule is O=C(Nc1sc2c(c1C(=O)N[C@H]1CCS(=O)(=O)C1)CCCC2)c1cccs1. The number of sulfone groups is 1. The zero-order valence-corrected chi connectivity index (χ0v) is 17.1. The van der Waals surface area contributed by atoms with Gasteiger partial charge >= 0.3 is 0 Å². The molecule has 144 valence electrons. The molecule has 1 fully saturated rings. The summed E-state index contributed by atoms with van der Waals surface area (Å²) < 4.78 is 23.4. The monoisotopic (exact) mass is 424 g/mol. The number of nitrogens with one attached hydrogen (secondary N) is 2. The number of carbonyl (C=O) groups is 2. The minimum Gasteiger partial charge on any atom is -0.348 e. The Labute approximate surface area is 165 Å². The van der Waals surface area contributed by atoms with Gasteiger partial charge in [-0.25, -0.2) is 8.42 Å². The van der Waals surface area contributed by atoms with Crippen molar-refractivity contribution in [2.24, 2.45) is 0 Å². The summed E-state index contributed by atoms with van der Waals surface area (Å²) in [5.41, 5.74) is 1.52. The molecule has 2 aliphatic rings. The van der Waals surface area contributed by atoms with E-state index >= 15 is 0 Å². The minimum atomic E-state index is -3.07. The second-order valence-electron chi connectivity index (χ2n) is 6.92.